The van der Waals surface area contributed by atoms with Gasteiger partial charge in [-0.15, -0.1) is 0 Å². The minimum atomic E-state index is 0.451. The molecule has 21 heavy (non-hydrogen) atoms. The van der Waals surface area contributed by atoms with E-state index in [4.69, 9.17) is 9.47 Å². The zero-order valence-corrected chi connectivity index (χ0v) is 12.9. The number of nitrogens with zero attached hydrogens (tertiary/aromatic N) is 1. The number of fused-ring (bicyclic) bond motifs is 1. The Morgan fingerprint density at radius 2 is 2.24 bits per heavy atom. The fraction of sp³-hybridized carbons (Fsp3) is 0.647. The first-order valence-electron chi connectivity index (χ1n) is 8.06. The predicted molar refractivity (Wildman–Crippen MR) is 83.8 cm³/mol. The van der Waals surface area contributed by atoms with Crippen molar-refractivity contribution in [1.82, 2.24) is 10.2 Å². The zero-order valence-electron chi connectivity index (χ0n) is 12.9. The van der Waals surface area contributed by atoms with E-state index in [1.807, 2.05) is 0 Å². The first-order valence-corrected chi connectivity index (χ1v) is 8.06. The third kappa shape index (κ3) is 3.57. The normalized spacial score (nSPS) is 24.9. The van der Waals surface area contributed by atoms with Crippen LogP contribution in [0.15, 0.2) is 24.3 Å². The zero-order chi connectivity index (χ0) is 14.5. The number of nitrogens with one attached hydrogen (secondary N) is 1. The molecule has 4 heteroatoms. The Morgan fingerprint density at radius 3 is 3.05 bits per heavy atom. The second kappa shape index (κ2) is 7.25. The van der Waals surface area contributed by atoms with Gasteiger partial charge in [0.1, 0.15) is 5.75 Å². The van der Waals surface area contributed by atoms with Crippen LogP contribution in [0.5, 0.6) is 5.75 Å². The summed E-state index contributed by atoms with van der Waals surface area (Å²) in [6.45, 7) is 4.83. The second-order valence-corrected chi connectivity index (χ2v) is 5.97. The molecule has 0 radical (unpaired) electrons. The molecule has 2 unspecified atom stereocenters. The number of hydrogen-bond acceptors (Lipinski definition) is 4. The van der Waals surface area contributed by atoms with Crippen LogP contribution in [0, 0.1) is 0 Å². The number of methoxy groups -OCH3 is 1. The molecule has 2 heterocycles. The van der Waals surface area contributed by atoms with E-state index in [2.05, 4.69) is 34.5 Å². The van der Waals surface area contributed by atoms with Gasteiger partial charge in [0, 0.05) is 44.3 Å². The number of ether oxygens (including phenoxy) is 2. The maximum atomic E-state index is 5.80. The smallest absolute Gasteiger partial charge is 0.124 e. The van der Waals surface area contributed by atoms with E-state index in [0.717, 1.165) is 45.0 Å². The van der Waals surface area contributed by atoms with Gasteiger partial charge in [-0.3, -0.25) is 4.90 Å². The van der Waals surface area contributed by atoms with Crippen LogP contribution in [0.25, 0.3) is 0 Å². The van der Waals surface area contributed by atoms with Gasteiger partial charge in [-0.25, -0.2) is 0 Å². The van der Waals surface area contributed by atoms with E-state index >= 15 is 0 Å². The monoisotopic (exact) mass is 290 g/mol. The first-order chi connectivity index (χ1) is 10.4. The molecule has 0 aromatic heterocycles. The van der Waals surface area contributed by atoms with Crippen molar-refractivity contribution in [3.05, 3.63) is 29.8 Å². The number of rotatable bonds is 6. The summed E-state index contributed by atoms with van der Waals surface area (Å²) in [4.78, 5) is 2.58. The quantitative estimate of drug-likeness (QED) is 0.871. The topological polar surface area (TPSA) is 33.7 Å². The average Bonchev–Trinajstić information content (AvgIpc) is 3.04. The van der Waals surface area contributed by atoms with Crippen LogP contribution in [0.2, 0.25) is 0 Å². The lowest BCUT2D eigenvalue weighted by Gasteiger charge is -2.37. The van der Waals surface area contributed by atoms with Crippen molar-refractivity contribution in [2.45, 2.75) is 31.3 Å². The molecule has 1 aromatic carbocycles. The largest absolute Gasteiger partial charge is 0.493 e. The van der Waals surface area contributed by atoms with Crippen molar-refractivity contribution in [1.29, 1.82) is 0 Å². The fourth-order valence-electron chi connectivity index (χ4n) is 3.48. The van der Waals surface area contributed by atoms with Crippen LogP contribution < -0.4 is 10.1 Å². The standard InChI is InChI=1S/C17H26N2O2/c1-20-12-10-19(13-14-5-4-9-18-14)16-8-11-21-17-7-3-2-6-15(16)17/h2-3,6-7,14,16,18H,4-5,8-13H2,1H3. The molecular weight excluding hydrogens is 264 g/mol. The van der Waals surface area contributed by atoms with Crippen molar-refractivity contribution in [3.8, 4) is 5.75 Å². The second-order valence-electron chi connectivity index (χ2n) is 5.97. The van der Waals surface area contributed by atoms with Crippen LogP contribution in [0.4, 0.5) is 0 Å². The van der Waals surface area contributed by atoms with Gasteiger partial charge in [-0.1, -0.05) is 18.2 Å². The SMILES string of the molecule is COCCN(CC1CCCN1)C1CCOc2ccccc21. The summed E-state index contributed by atoms with van der Waals surface area (Å²) in [6, 6.07) is 9.54. The summed E-state index contributed by atoms with van der Waals surface area (Å²) in [7, 11) is 1.78. The van der Waals surface area contributed by atoms with Crippen molar-refractivity contribution in [2.75, 3.05) is 40.0 Å². The van der Waals surface area contributed by atoms with Crippen molar-refractivity contribution >= 4 is 0 Å². The Balaban J connectivity index is 1.75. The summed E-state index contributed by atoms with van der Waals surface area (Å²) >= 11 is 0. The molecule has 0 bridgehead atoms. The maximum absolute atomic E-state index is 5.80. The molecular formula is C17H26N2O2. The molecule has 1 saturated heterocycles. The minimum absolute atomic E-state index is 0.451. The highest BCUT2D eigenvalue weighted by Crippen LogP contribution is 2.35. The van der Waals surface area contributed by atoms with E-state index in [9.17, 15) is 0 Å². The van der Waals surface area contributed by atoms with E-state index in [-0.39, 0.29) is 0 Å². The Kier molecular flexibility index (Phi) is 5.12. The van der Waals surface area contributed by atoms with E-state index in [1.54, 1.807) is 7.11 Å². The molecule has 0 spiro atoms. The predicted octanol–water partition coefficient (Wildman–Crippen LogP) is 2.21. The van der Waals surface area contributed by atoms with Crippen LogP contribution in [-0.2, 0) is 4.74 Å². The maximum Gasteiger partial charge on any atom is 0.124 e. The molecule has 1 fully saturated rings. The summed E-state index contributed by atoms with van der Waals surface area (Å²) in [5.41, 5.74) is 1.33. The van der Waals surface area contributed by atoms with E-state index in [1.165, 1.54) is 18.4 Å². The lowest BCUT2D eigenvalue weighted by Crippen LogP contribution is -2.42. The lowest BCUT2D eigenvalue weighted by atomic mass is 9.98. The van der Waals surface area contributed by atoms with Crippen LogP contribution in [0.1, 0.15) is 30.9 Å². The Labute approximate surface area is 127 Å². The molecule has 0 aliphatic carbocycles. The highest BCUT2D eigenvalue weighted by atomic mass is 16.5. The number of para-hydroxylation sites is 1. The van der Waals surface area contributed by atoms with Gasteiger partial charge in [-0.2, -0.15) is 0 Å². The van der Waals surface area contributed by atoms with E-state index in [0.29, 0.717) is 12.1 Å². The van der Waals surface area contributed by atoms with Crippen molar-refractivity contribution in [2.24, 2.45) is 0 Å². The highest BCUT2D eigenvalue weighted by Gasteiger charge is 2.29. The van der Waals surface area contributed by atoms with Crippen LogP contribution >= 0.6 is 0 Å². The number of benzene rings is 1. The van der Waals surface area contributed by atoms with E-state index < -0.39 is 0 Å². The average molecular weight is 290 g/mol. The Bertz CT molecular complexity index is 446. The summed E-state index contributed by atoms with van der Waals surface area (Å²) in [6.07, 6.45) is 3.65. The molecule has 3 rings (SSSR count). The van der Waals surface area contributed by atoms with Gasteiger partial charge in [0.15, 0.2) is 0 Å². The van der Waals surface area contributed by atoms with Gasteiger partial charge in [0.05, 0.1) is 13.2 Å². The summed E-state index contributed by atoms with van der Waals surface area (Å²) < 4.78 is 11.1. The Morgan fingerprint density at radius 1 is 1.33 bits per heavy atom. The minimum Gasteiger partial charge on any atom is -0.493 e. The molecule has 1 N–H and O–H groups in total. The van der Waals surface area contributed by atoms with Crippen molar-refractivity contribution in [3.63, 3.8) is 0 Å². The third-order valence-corrected chi connectivity index (χ3v) is 4.57. The Hall–Kier alpha value is -1.10. The molecule has 1 aromatic rings. The third-order valence-electron chi connectivity index (χ3n) is 4.57. The van der Waals surface area contributed by atoms with Gasteiger partial charge in [0.25, 0.3) is 0 Å². The lowest BCUT2D eigenvalue weighted by molar-refractivity contribution is 0.0900. The first kappa shape index (κ1) is 14.8. The highest BCUT2D eigenvalue weighted by molar-refractivity contribution is 5.37. The van der Waals surface area contributed by atoms with Gasteiger partial charge in [0.2, 0.25) is 0 Å². The molecule has 2 aliphatic rings. The fourth-order valence-corrected chi connectivity index (χ4v) is 3.48. The molecule has 2 aliphatic heterocycles. The molecule has 4 nitrogen and oxygen atoms in total. The molecule has 116 valence electrons. The van der Waals surface area contributed by atoms with Crippen molar-refractivity contribution < 1.29 is 9.47 Å². The van der Waals surface area contributed by atoms with Crippen LogP contribution in [0.3, 0.4) is 0 Å². The van der Waals surface area contributed by atoms with Gasteiger partial charge < -0.3 is 14.8 Å². The number of hydrogen-bond donors (Lipinski definition) is 1. The summed E-state index contributed by atoms with van der Waals surface area (Å²) in [5.74, 6) is 1.05. The molecule has 0 amide bonds. The van der Waals surface area contributed by atoms with Crippen LogP contribution in [-0.4, -0.2) is 50.9 Å². The van der Waals surface area contributed by atoms with Gasteiger partial charge >= 0.3 is 0 Å². The summed E-state index contributed by atoms with van der Waals surface area (Å²) in [5, 5.41) is 3.61. The molecule has 0 saturated carbocycles. The van der Waals surface area contributed by atoms with Gasteiger partial charge in [-0.05, 0) is 25.5 Å². The molecule has 2 atom stereocenters.